The third kappa shape index (κ3) is 1.44. The van der Waals surface area contributed by atoms with Gasteiger partial charge in [-0.25, -0.2) is 0 Å². The minimum Gasteiger partial charge on any atom is -0.481 e. The van der Waals surface area contributed by atoms with Gasteiger partial charge in [-0.3, -0.25) is 10.1 Å². The van der Waals surface area contributed by atoms with Crippen LogP contribution in [0.15, 0.2) is 0 Å². The van der Waals surface area contributed by atoms with Crippen molar-refractivity contribution in [2.24, 2.45) is 11.8 Å². The fourth-order valence-corrected chi connectivity index (χ4v) is 1.67. The Morgan fingerprint density at radius 1 is 1.67 bits per heavy atom. The summed E-state index contributed by atoms with van der Waals surface area (Å²) in [6.45, 7) is 3.62. The van der Waals surface area contributed by atoms with E-state index in [0.717, 1.165) is 6.42 Å². The van der Waals surface area contributed by atoms with E-state index in [-0.39, 0.29) is 12.0 Å². The van der Waals surface area contributed by atoms with Crippen molar-refractivity contribution in [3.63, 3.8) is 0 Å². The summed E-state index contributed by atoms with van der Waals surface area (Å²) in [5.41, 5.74) is 0. The predicted octanol–water partition coefficient (Wildman–Crippen LogP) is 0.0235. The van der Waals surface area contributed by atoms with Crippen LogP contribution in [0.4, 0.5) is 0 Å². The van der Waals surface area contributed by atoms with Crippen LogP contribution in [0.2, 0.25) is 0 Å². The second-order valence-electron chi connectivity index (χ2n) is 3.34. The SMILES string of the molecule is CCC1C(O)NC1[C@@H](C)C(=O)O. The number of aliphatic carboxylic acids is 1. The Bertz CT molecular complexity index is 183. The van der Waals surface area contributed by atoms with Gasteiger partial charge >= 0.3 is 5.97 Å². The molecule has 0 aromatic rings. The van der Waals surface area contributed by atoms with Gasteiger partial charge < -0.3 is 10.2 Å². The highest BCUT2D eigenvalue weighted by Crippen LogP contribution is 2.28. The van der Waals surface area contributed by atoms with Gasteiger partial charge in [0.2, 0.25) is 0 Å². The number of rotatable bonds is 3. The molecule has 3 N–H and O–H groups in total. The molecule has 3 unspecified atom stereocenters. The lowest BCUT2D eigenvalue weighted by Crippen LogP contribution is -2.64. The number of aliphatic hydroxyl groups excluding tert-OH is 1. The van der Waals surface area contributed by atoms with Gasteiger partial charge in [0.1, 0.15) is 6.23 Å². The Kier molecular flexibility index (Phi) is 2.69. The summed E-state index contributed by atoms with van der Waals surface area (Å²) in [4.78, 5) is 10.6. The number of carboxylic acids is 1. The van der Waals surface area contributed by atoms with E-state index in [9.17, 15) is 9.90 Å². The maximum atomic E-state index is 10.6. The molecule has 1 saturated heterocycles. The predicted molar refractivity (Wildman–Crippen MR) is 43.5 cm³/mol. The van der Waals surface area contributed by atoms with E-state index < -0.39 is 18.1 Å². The third-order valence-electron chi connectivity index (χ3n) is 2.63. The molecule has 4 nitrogen and oxygen atoms in total. The molecule has 1 aliphatic rings. The number of hydrogen-bond acceptors (Lipinski definition) is 3. The van der Waals surface area contributed by atoms with Crippen molar-refractivity contribution in [2.45, 2.75) is 32.5 Å². The maximum Gasteiger partial charge on any atom is 0.307 e. The van der Waals surface area contributed by atoms with Gasteiger partial charge in [-0.1, -0.05) is 13.8 Å². The lowest BCUT2D eigenvalue weighted by Gasteiger charge is -2.44. The van der Waals surface area contributed by atoms with E-state index in [1.807, 2.05) is 6.92 Å². The first-order valence-electron chi connectivity index (χ1n) is 4.24. The monoisotopic (exact) mass is 173 g/mol. The van der Waals surface area contributed by atoms with Crippen molar-refractivity contribution in [3.05, 3.63) is 0 Å². The topological polar surface area (TPSA) is 69.6 Å². The zero-order chi connectivity index (χ0) is 9.30. The first kappa shape index (κ1) is 9.48. The normalized spacial score (nSPS) is 37.1. The zero-order valence-electron chi connectivity index (χ0n) is 7.32. The summed E-state index contributed by atoms with van der Waals surface area (Å²) in [5.74, 6) is -1.13. The van der Waals surface area contributed by atoms with Crippen molar-refractivity contribution in [3.8, 4) is 0 Å². The van der Waals surface area contributed by atoms with Crippen LogP contribution >= 0.6 is 0 Å². The first-order valence-corrected chi connectivity index (χ1v) is 4.24. The largest absolute Gasteiger partial charge is 0.481 e. The Hall–Kier alpha value is -0.610. The molecule has 1 aliphatic heterocycles. The van der Waals surface area contributed by atoms with Gasteiger partial charge in [-0.15, -0.1) is 0 Å². The Morgan fingerprint density at radius 3 is 2.58 bits per heavy atom. The number of aliphatic hydroxyl groups is 1. The quantitative estimate of drug-likeness (QED) is 0.563. The molecule has 1 rings (SSSR count). The van der Waals surface area contributed by atoms with Gasteiger partial charge in [0.05, 0.1) is 5.92 Å². The molecule has 0 aromatic carbocycles. The molecule has 12 heavy (non-hydrogen) atoms. The van der Waals surface area contributed by atoms with Crippen LogP contribution in [0.3, 0.4) is 0 Å². The van der Waals surface area contributed by atoms with Crippen LogP contribution in [-0.4, -0.2) is 28.5 Å². The third-order valence-corrected chi connectivity index (χ3v) is 2.63. The molecule has 1 heterocycles. The molecular formula is C8H15NO3. The molecule has 4 atom stereocenters. The Balaban J connectivity index is 2.49. The second-order valence-corrected chi connectivity index (χ2v) is 3.34. The molecule has 0 aromatic heterocycles. The fraction of sp³-hybridized carbons (Fsp3) is 0.875. The van der Waals surface area contributed by atoms with Crippen LogP contribution in [0, 0.1) is 11.8 Å². The molecule has 0 amide bonds. The highest BCUT2D eigenvalue weighted by Gasteiger charge is 2.43. The van der Waals surface area contributed by atoms with Crippen LogP contribution in [0.25, 0.3) is 0 Å². The van der Waals surface area contributed by atoms with Crippen molar-refractivity contribution in [1.82, 2.24) is 5.32 Å². The highest BCUT2D eigenvalue weighted by molar-refractivity contribution is 5.70. The molecule has 0 saturated carbocycles. The molecular weight excluding hydrogens is 158 g/mol. The van der Waals surface area contributed by atoms with Crippen molar-refractivity contribution in [2.75, 3.05) is 0 Å². The number of carboxylic acid groups (broad SMARTS) is 1. The van der Waals surface area contributed by atoms with Gasteiger partial charge in [0, 0.05) is 12.0 Å². The fourth-order valence-electron chi connectivity index (χ4n) is 1.67. The minimum absolute atomic E-state index is 0.0671. The summed E-state index contributed by atoms with van der Waals surface area (Å²) in [7, 11) is 0. The minimum atomic E-state index is -0.808. The van der Waals surface area contributed by atoms with E-state index in [4.69, 9.17) is 5.11 Å². The lowest BCUT2D eigenvalue weighted by molar-refractivity contribution is -0.147. The average Bonchev–Trinajstić information content (AvgIpc) is 1.99. The molecule has 4 heteroatoms. The Morgan fingerprint density at radius 2 is 2.25 bits per heavy atom. The molecule has 1 fully saturated rings. The second kappa shape index (κ2) is 3.41. The molecule has 0 radical (unpaired) electrons. The summed E-state index contributed by atoms with van der Waals surface area (Å²) < 4.78 is 0. The molecule has 0 aliphatic carbocycles. The lowest BCUT2D eigenvalue weighted by atomic mass is 9.79. The van der Waals surface area contributed by atoms with Gasteiger partial charge in [0.15, 0.2) is 0 Å². The van der Waals surface area contributed by atoms with Crippen molar-refractivity contribution in [1.29, 1.82) is 0 Å². The molecule has 0 spiro atoms. The van der Waals surface area contributed by atoms with Gasteiger partial charge in [-0.05, 0) is 6.42 Å². The Labute approximate surface area is 71.6 Å². The molecule has 0 bridgehead atoms. The van der Waals surface area contributed by atoms with E-state index in [0.29, 0.717) is 0 Å². The smallest absolute Gasteiger partial charge is 0.307 e. The van der Waals surface area contributed by atoms with E-state index >= 15 is 0 Å². The van der Waals surface area contributed by atoms with Crippen LogP contribution < -0.4 is 5.32 Å². The number of hydrogen-bond donors (Lipinski definition) is 3. The summed E-state index contributed by atoms with van der Waals surface area (Å²) in [6, 6.07) is -0.0671. The van der Waals surface area contributed by atoms with E-state index in [2.05, 4.69) is 5.32 Å². The van der Waals surface area contributed by atoms with E-state index in [1.165, 1.54) is 0 Å². The van der Waals surface area contributed by atoms with Crippen molar-refractivity contribution >= 4 is 5.97 Å². The summed E-state index contributed by atoms with van der Waals surface area (Å²) >= 11 is 0. The standard InChI is InChI=1S/C8H15NO3/c1-3-5-6(9-7(5)10)4(2)8(11)12/h4-7,9-10H,3H2,1-2H3,(H,11,12)/t4-,5?,6?,7?/m1/s1. The summed E-state index contributed by atoms with van der Waals surface area (Å²) in [6.07, 6.45) is 0.304. The number of carbonyl (C=O) groups is 1. The van der Waals surface area contributed by atoms with E-state index in [1.54, 1.807) is 6.92 Å². The summed E-state index contributed by atoms with van der Waals surface area (Å²) in [5, 5.41) is 20.7. The maximum absolute atomic E-state index is 10.6. The van der Waals surface area contributed by atoms with Crippen LogP contribution in [0.5, 0.6) is 0 Å². The first-order chi connectivity index (χ1) is 5.57. The van der Waals surface area contributed by atoms with Crippen LogP contribution in [-0.2, 0) is 4.79 Å². The zero-order valence-corrected chi connectivity index (χ0v) is 7.32. The van der Waals surface area contributed by atoms with Gasteiger partial charge in [-0.2, -0.15) is 0 Å². The highest BCUT2D eigenvalue weighted by atomic mass is 16.4. The van der Waals surface area contributed by atoms with Crippen LogP contribution in [0.1, 0.15) is 20.3 Å². The van der Waals surface area contributed by atoms with Gasteiger partial charge in [0.25, 0.3) is 0 Å². The number of nitrogens with one attached hydrogen (secondary N) is 1. The molecule has 70 valence electrons. The van der Waals surface area contributed by atoms with Crippen molar-refractivity contribution < 1.29 is 15.0 Å². The average molecular weight is 173 g/mol.